The van der Waals surface area contributed by atoms with Gasteiger partial charge in [-0.15, -0.1) is 0 Å². The molecule has 5 heteroatoms. The van der Waals surface area contributed by atoms with Crippen molar-refractivity contribution in [3.63, 3.8) is 0 Å². The predicted molar refractivity (Wildman–Crippen MR) is 193 cm³/mol. The fourth-order valence-electron chi connectivity index (χ4n) is 9.45. The van der Waals surface area contributed by atoms with Crippen LogP contribution in [0.1, 0.15) is 115 Å². The molecule has 46 heavy (non-hydrogen) atoms. The van der Waals surface area contributed by atoms with Crippen molar-refractivity contribution in [2.75, 3.05) is 0 Å². The molecule has 0 saturated heterocycles. The van der Waals surface area contributed by atoms with E-state index in [1.54, 1.807) is 0 Å². The van der Waals surface area contributed by atoms with Crippen LogP contribution in [0.25, 0.3) is 0 Å². The fourth-order valence-corrected chi connectivity index (χ4v) is 9.45. The molecule has 2 nitrogen and oxygen atoms in total. The summed E-state index contributed by atoms with van der Waals surface area (Å²) < 4.78 is 0. The normalized spacial score (nSPS) is 28.6. The van der Waals surface area contributed by atoms with Gasteiger partial charge in [0.1, 0.15) is 5.75 Å². The van der Waals surface area contributed by atoms with E-state index in [-0.39, 0.29) is 10.8 Å². The topological polar surface area (TPSA) is 32.6 Å². The van der Waals surface area contributed by atoms with Gasteiger partial charge in [0.05, 0.1) is 0 Å². The number of halogens is 2. The molecule has 3 fully saturated rings. The van der Waals surface area contributed by atoms with Gasteiger partial charge in [0.25, 0.3) is 0 Å². The minimum absolute atomic E-state index is 0.171. The van der Waals surface area contributed by atoms with Crippen molar-refractivity contribution in [1.82, 2.24) is 0 Å². The zero-order chi connectivity index (χ0) is 32.7. The zero-order valence-electron chi connectivity index (χ0n) is 28.3. The Kier molecular flexibility index (Phi) is 12.8. The van der Waals surface area contributed by atoms with E-state index in [2.05, 4.69) is 100 Å². The molecule has 1 aromatic rings. The van der Waals surface area contributed by atoms with Gasteiger partial charge in [-0.3, -0.25) is 4.99 Å². The first kappa shape index (κ1) is 36.0. The Bertz CT molecular complexity index is 1360. The van der Waals surface area contributed by atoms with Gasteiger partial charge in [0, 0.05) is 35.4 Å². The summed E-state index contributed by atoms with van der Waals surface area (Å²) in [5.74, 6) is 11.5. The molecule has 0 amide bonds. The van der Waals surface area contributed by atoms with Crippen molar-refractivity contribution < 1.29 is 26.0 Å². The molecule has 5 unspecified atom stereocenters. The summed E-state index contributed by atoms with van der Waals surface area (Å²) in [6.07, 6.45) is 34.9. The maximum absolute atomic E-state index is 11.2. The fraction of sp³-hybridized carbons (Fsp3) is 0.585. The molecule has 5 atom stereocenters. The summed E-state index contributed by atoms with van der Waals surface area (Å²) in [4.78, 5) is 4.91. The van der Waals surface area contributed by atoms with E-state index in [0.717, 1.165) is 48.3 Å². The predicted octanol–water partition coefficient (Wildman–Crippen LogP) is 11.5. The SMILES string of the molecule is CC(C)(C)c1cc(C#CCCC(C)(C2CCCC2)C2C3C=CC=CC3C3C=CC=CC32)cc(C=NC2CCCCC2)c1O.[Cl][Zr][Cl]. The van der Waals surface area contributed by atoms with Gasteiger partial charge in [0.2, 0.25) is 0 Å². The molecular formula is C41H53Cl2NOZr. The van der Waals surface area contributed by atoms with Crippen LogP contribution in [0.4, 0.5) is 0 Å². The van der Waals surface area contributed by atoms with Crippen LogP contribution in [0.5, 0.6) is 5.75 Å². The maximum atomic E-state index is 11.2. The average Bonchev–Trinajstić information content (AvgIpc) is 3.71. The molecule has 0 heterocycles. The molecular weight excluding hydrogens is 685 g/mol. The van der Waals surface area contributed by atoms with Crippen molar-refractivity contribution in [3.05, 3.63) is 77.4 Å². The van der Waals surface area contributed by atoms with Gasteiger partial charge < -0.3 is 5.11 Å². The quantitative estimate of drug-likeness (QED) is 0.229. The first-order valence-corrected chi connectivity index (χ1v) is 24.1. The molecule has 0 spiro atoms. The Morgan fingerprint density at radius 1 is 0.826 bits per heavy atom. The van der Waals surface area contributed by atoms with Crippen molar-refractivity contribution in [2.24, 2.45) is 45.9 Å². The zero-order valence-corrected chi connectivity index (χ0v) is 32.3. The molecule has 0 radical (unpaired) electrons. The van der Waals surface area contributed by atoms with Crippen molar-refractivity contribution in [1.29, 1.82) is 0 Å². The molecule has 0 aliphatic heterocycles. The summed E-state index contributed by atoms with van der Waals surface area (Å²) in [5.41, 5.74) is 2.86. The van der Waals surface area contributed by atoms with Crippen LogP contribution in [0, 0.1) is 52.8 Å². The van der Waals surface area contributed by atoms with Gasteiger partial charge in [0.15, 0.2) is 0 Å². The van der Waals surface area contributed by atoms with Gasteiger partial charge in [-0.1, -0.05) is 120 Å². The van der Waals surface area contributed by atoms with Crippen LogP contribution in [0.15, 0.2) is 65.7 Å². The number of hydrogen-bond donors (Lipinski definition) is 1. The van der Waals surface area contributed by atoms with E-state index in [4.69, 9.17) is 22.0 Å². The molecule has 5 aliphatic carbocycles. The van der Waals surface area contributed by atoms with Crippen LogP contribution in [-0.4, -0.2) is 17.4 Å². The second kappa shape index (κ2) is 16.4. The van der Waals surface area contributed by atoms with E-state index < -0.39 is 20.8 Å². The van der Waals surface area contributed by atoms with Crippen LogP contribution in [0.2, 0.25) is 0 Å². The standard InChI is InChI=1S/C41H53NO.2ClH.Zr/c1-40(2,3)37-27-29(26-30(39(37)43)28-42-32-19-6-5-7-20-32)16-14-15-25-41(4,31-17-8-9-18-31)38-35-23-12-10-21-33(35)34-22-11-13-24-36(34)38;;;/h10-13,21-24,26-28,31-36,38,43H,5-9,15,17-20,25H2,1-4H3;2*1H;/q;;;+2/p-2. The Morgan fingerprint density at radius 2 is 1.37 bits per heavy atom. The van der Waals surface area contributed by atoms with Crippen LogP contribution < -0.4 is 0 Å². The number of nitrogens with zero attached hydrogens (tertiary/aromatic N) is 1. The molecule has 246 valence electrons. The number of fused-ring (bicyclic) bond motifs is 3. The van der Waals surface area contributed by atoms with Crippen LogP contribution >= 0.6 is 17.0 Å². The third-order valence-corrected chi connectivity index (χ3v) is 11.7. The number of benzene rings is 1. The number of aromatic hydroxyl groups is 1. The molecule has 1 aromatic carbocycles. The number of phenolic OH excluding ortho intramolecular Hbond substituents is 1. The molecule has 6 rings (SSSR count). The summed E-state index contributed by atoms with van der Waals surface area (Å²) in [7, 11) is 9.87. The average molecular weight is 738 g/mol. The van der Waals surface area contributed by atoms with E-state index in [1.807, 2.05) is 6.21 Å². The van der Waals surface area contributed by atoms with Crippen molar-refractivity contribution >= 4 is 23.2 Å². The Hall–Kier alpha value is -1.33. The first-order valence-electron chi connectivity index (χ1n) is 17.7. The number of phenols is 1. The summed E-state index contributed by atoms with van der Waals surface area (Å²) >= 11 is -0.826. The van der Waals surface area contributed by atoms with Crippen molar-refractivity contribution in [2.45, 2.75) is 110 Å². The molecule has 1 N–H and O–H groups in total. The Balaban J connectivity index is 0.00000134. The minimum atomic E-state index is -0.826. The monoisotopic (exact) mass is 735 g/mol. The number of hydrogen-bond acceptors (Lipinski definition) is 2. The molecule has 3 saturated carbocycles. The van der Waals surface area contributed by atoms with Gasteiger partial charge in [-0.25, -0.2) is 0 Å². The van der Waals surface area contributed by atoms with E-state index in [9.17, 15) is 5.11 Å². The van der Waals surface area contributed by atoms with E-state index in [0.29, 0.717) is 41.4 Å². The third-order valence-electron chi connectivity index (χ3n) is 11.7. The van der Waals surface area contributed by atoms with E-state index in [1.165, 1.54) is 44.9 Å². The number of allylic oxidation sites excluding steroid dienone is 8. The van der Waals surface area contributed by atoms with Crippen LogP contribution in [0.3, 0.4) is 0 Å². The van der Waals surface area contributed by atoms with Crippen LogP contribution in [-0.2, 0) is 26.3 Å². The van der Waals surface area contributed by atoms with E-state index >= 15 is 0 Å². The van der Waals surface area contributed by atoms with Gasteiger partial charge in [-0.05, 0) is 90.6 Å². The summed E-state index contributed by atoms with van der Waals surface area (Å²) in [6.45, 7) is 9.13. The summed E-state index contributed by atoms with van der Waals surface area (Å²) in [5, 5.41) is 11.2. The summed E-state index contributed by atoms with van der Waals surface area (Å²) in [6, 6.07) is 4.55. The van der Waals surface area contributed by atoms with Gasteiger partial charge in [-0.2, -0.15) is 0 Å². The Morgan fingerprint density at radius 3 is 1.93 bits per heavy atom. The van der Waals surface area contributed by atoms with Crippen molar-refractivity contribution in [3.8, 4) is 17.6 Å². The molecule has 0 bridgehead atoms. The first-order chi connectivity index (χ1) is 22.2. The van der Waals surface area contributed by atoms with Gasteiger partial charge >= 0.3 is 37.9 Å². The second-order valence-corrected chi connectivity index (χ2v) is 19.2. The number of aliphatic imine (C=N–C) groups is 1. The third kappa shape index (κ3) is 8.27. The molecule has 0 aromatic heterocycles. The second-order valence-electron chi connectivity index (χ2n) is 15.5. The molecule has 5 aliphatic rings. The number of rotatable bonds is 6. The Labute approximate surface area is 298 Å².